The van der Waals surface area contributed by atoms with Crippen molar-refractivity contribution in [3.63, 3.8) is 0 Å². The van der Waals surface area contributed by atoms with Gasteiger partial charge in [0.15, 0.2) is 0 Å². The molecule has 94 valence electrons. The van der Waals surface area contributed by atoms with Crippen molar-refractivity contribution >= 4 is 0 Å². The molecule has 1 aromatic carbocycles. The van der Waals surface area contributed by atoms with Crippen LogP contribution < -0.4 is 5.32 Å². The first-order valence-electron chi connectivity index (χ1n) is 7.00. The lowest BCUT2D eigenvalue weighted by molar-refractivity contribution is 0.412. The van der Waals surface area contributed by atoms with Gasteiger partial charge in [0.2, 0.25) is 0 Å². The van der Waals surface area contributed by atoms with E-state index in [-0.39, 0.29) is 0 Å². The first-order chi connectivity index (χ1) is 8.24. The van der Waals surface area contributed by atoms with Crippen molar-refractivity contribution in [2.24, 2.45) is 5.92 Å². The van der Waals surface area contributed by atoms with Gasteiger partial charge >= 0.3 is 0 Å². The fourth-order valence-electron chi connectivity index (χ4n) is 3.09. The van der Waals surface area contributed by atoms with E-state index >= 15 is 0 Å². The molecule has 17 heavy (non-hydrogen) atoms. The SMILES string of the molecule is CCc1ccc2c(c1)C(CCNC)CC(C)C2. The molecule has 0 aromatic heterocycles. The fourth-order valence-corrected chi connectivity index (χ4v) is 3.09. The van der Waals surface area contributed by atoms with Crippen LogP contribution >= 0.6 is 0 Å². The lowest BCUT2D eigenvalue weighted by Gasteiger charge is -2.30. The second-order valence-electron chi connectivity index (χ2n) is 5.52. The molecular weight excluding hydrogens is 206 g/mol. The molecule has 1 aliphatic rings. The van der Waals surface area contributed by atoms with E-state index in [1.165, 1.54) is 24.8 Å². The molecule has 1 heteroatoms. The van der Waals surface area contributed by atoms with Gasteiger partial charge in [0.1, 0.15) is 0 Å². The summed E-state index contributed by atoms with van der Waals surface area (Å²) in [5.74, 6) is 1.62. The Morgan fingerprint density at radius 1 is 1.35 bits per heavy atom. The predicted molar refractivity (Wildman–Crippen MR) is 74.6 cm³/mol. The number of fused-ring (bicyclic) bond motifs is 1. The molecule has 2 atom stereocenters. The minimum Gasteiger partial charge on any atom is -0.320 e. The molecule has 0 bridgehead atoms. The highest BCUT2D eigenvalue weighted by Crippen LogP contribution is 2.37. The minimum atomic E-state index is 0.771. The van der Waals surface area contributed by atoms with Crippen LogP contribution in [0.5, 0.6) is 0 Å². The van der Waals surface area contributed by atoms with E-state index in [0.29, 0.717) is 0 Å². The highest BCUT2D eigenvalue weighted by Gasteiger charge is 2.24. The van der Waals surface area contributed by atoms with Crippen molar-refractivity contribution in [3.05, 3.63) is 34.9 Å². The van der Waals surface area contributed by atoms with E-state index in [1.54, 1.807) is 11.1 Å². The summed E-state index contributed by atoms with van der Waals surface area (Å²) in [6, 6.07) is 7.14. The Morgan fingerprint density at radius 3 is 2.88 bits per heavy atom. The van der Waals surface area contributed by atoms with Crippen LogP contribution in [0, 0.1) is 5.92 Å². The highest BCUT2D eigenvalue weighted by atomic mass is 14.8. The van der Waals surface area contributed by atoms with Crippen LogP contribution in [0.25, 0.3) is 0 Å². The summed E-state index contributed by atoms with van der Waals surface area (Å²) >= 11 is 0. The maximum absolute atomic E-state index is 3.29. The van der Waals surface area contributed by atoms with Gasteiger partial charge in [0, 0.05) is 0 Å². The van der Waals surface area contributed by atoms with Crippen LogP contribution in [0.4, 0.5) is 0 Å². The predicted octanol–water partition coefficient (Wildman–Crippen LogP) is 3.52. The van der Waals surface area contributed by atoms with Crippen molar-refractivity contribution in [2.75, 3.05) is 13.6 Å². The van der Waals surface area contributed by atoms with E-state index in [9.17, 15) is 0 Å². The Labute approximate surface area is 106 Å². The van der Waals surface area contributed by atoms with Crippen molar-refractivity contribution in [1.29, 1.82) is 0 Å². The average molecular weight is 231 g/mol. The molecule has 1 nitrogen and oxygen atoms in total. The Hall–Kier alpha value is -0.820. The van der Waals surface area contributed by atoms with Crippen molar-refractivity contribution < 1.29 is 0 Å². The van der Waals surface area contributed by atoms with Gasteiger partial charge in [-0.05, 0) is 67.8 Å². The van der Waals surface area contributed by atoms with Crippen LogP contribution in [-0.2, 0) is 12.8 Å². The number of nitrogens with one attached hydrogen (secondary N) is 1. The first kappa shape index (κ1) is 12.6. The van der Waals surface area contributed by atoms with E-state index in [2.05, 4.69) is 44.4 Å². The fraction of sp³-hybridized carbons (Fsp3) is 0.625. The molecule has 0 saturated carbocycles. The second kappa shape index (κ2) is 5.68. The van der Waals surface area contributed by atoms with Gasteiger partial charge in [0.05, 0.1) is 0 Å². The Morgan fingerprint density at radius 2 is 2.18 bits per heavy atom. The van der Waals surface area contributed by atoms with Crippen LogP contribution in [0.15, 0.2) is 18.2 Å². The lowest BCUT2D eigenvalue weighted by Crippen LogP contribution is -2.20. The molecule has 0 amide bonds. The molecule has 0 spiro atoms. The number of aryl methyl sites for hydroxylation is 1. The summed E-state index contributed by atoms with van der Waals surface area (Å²) in [4.78, 5) is 0. The molecule has 2 rings (SSSR count). The number of hydrogen-bond acceptors (Lipinski definition) is 1. The molecule has 0 aliphatic heterocycles. The molecule has 2 unspecified atom stereocenters. The topological polar surface area (TPSA) is 12.0 Å². The maximum atomic E-state index is 3.29. The molecule has 1 N–H and O–H groups in total. The standard InChI is InChI=1S/C16H25N/c1-4-13-5-6-14-9-12(2)10-15(7-8-17-3)16(14)11-13/h5-6,11-12,15,17H,4,7-10H2,1-3H3. The third kappa shape index (κ3) is 2.90. The van der Waals surface area contributed by atoms with E-state index in [4.69, 9.17) is 0 Å². The molecule has 0 heterocycles. The maximum Gasteiger partial charge on any atom is -0.00461 e. The summed E-state index contributed by atoms with van der Waals surface area (Å²) in [6.45, 7) is 5.77. The van der Waals surface area contributed by atoms with Gasteiger partial charge in [-0.15, -0.1) is 0 Å². The first-order valence-corrected chi connectivity index (χ1v) is 7.00. The summed E-state index contributed by atoms with van der Waals surface area (Å²) in [5, 5.41) is 3.29. The average Bonchev–Trinajstić information content (AvgIpc) is 2.35. The Kier molecular flexibility index (Phi) is 4.22. The van der Waals surface area contributed by atoms with Crippen molar-refractivity contribution in [2.45, 2.75) is 45.4 Å². The van der Waals surface area contributed by atoms with E-state index < -0.39 is 0 Å². The summed E-state index contributed by atoms with van der Waals surface area (Å²) < 4.78 is 0. The number of rotatable bonds is 4. The normalized spacial score (nSPS) is 23.5. The number of hydrogen-bond donors (Lipinski definition) is 1. The summed E-state index contributed by atoms with van der Waals surface area (Å²) in [5.41, 5.74) is 4.73. The third-order valence-electron chi connectivity index (χ3n) is 4.06. The van der Waals surface area contributed by atoms with Gasteiger partial charge in [0.25, 0.3) is 0 Å². The van der Waals surface area contributed by atoms with Crippen LogP contribution in [0.2, 0.25) is 0 Å². The molecule has 1 aliphatic carbocycles. The van der Waals surface area contributed by atoms with Crippen molar-refractivity contribution in [1.82, 2.24) is 5.32 Å². The van der Waals surface area contributed by atoms with E-state index in [1.807, 2.05) is 0 Å². The zero-order valence-electron chi connectivity index (χ0n) is 11.4. The zero-order valence-corrected chi connectivity index (χ0v) is 11.4. The minimum absolute atomic E-state index is 0.771. The Balaban J connectivity index is 2.25. The Bertz CT molecular complexity index is 370. The van der Waals surface area contributed by atoms with Crippen LogP contribution in [-0.4, -0.2) is 13.6 Å². The van der Waals surface area contributed by atoms with Gasteiger partial charge < -0.3 is 5.32 Å². The second-order valence-corrected chi connectivity index (χ2v) is 5.52. The molecular formula is C16H25N. The smallest absolute Gasteiger partial charge is 0.00461 e. The lowest BCUT2D eigenvalue weighted by atomic mass is 9.75. The molecule has 0 fully saturated rings. The van der Waals surface area contributed by atoms with Crippen molar-refractivity contribution in [3.8, 4) is 0 Å². The van der Waals surface area contributed by atoms with Gasteiger partial charge in [-0.25, -0.2) is 0 Å². The quantitative estimate of drug-likeness (QED) is 0.836. The van der Waals surface area contributed by atoms with E-state index in [0.717, 1.165) is 24.8 Å². The summed E-state index contributed by atoms with van der Waals surface area (Å²) in [6.07, 6.45) is 5.07. The number of benzene rings is 1. The van der Waals surface area contributed by atoms with Gasteiger partial charge in [-0.1, -0.05) is 32.0 Å². The third-order valence-corrected chi connectivity index (χ3v) is 4.06. The van der Waals surface area contributed by atoms with Gasteiger partial charge in [-0.2, -0.15) is 0 Å². The molecule has 0 saturated heterocycles. The summed E-state index contributed by atoms with van der Waals surface area (Å²) in [7, 11) is 2.05. The van der Waals surface area contributed by atoms with Crippen LogP contribution in [0.1, 0.15) is 49.3 Å². The van der Waals surface area contributed by atoms with Gasteiger partial charge in [-0.3, -0.25) is 0 Å². The molecule has 0 radical (unpaired) electrons. The zero-order chi connectivity index (χ0) is 12.3. The molecule has 1 aromatic rings. The van der Waals surface area contributed by atoms with Crippen LogP contribution in [0.3, 0.4) is 0 Å². The largest absolute Gasteiger partial charge is 0.320 e. The monoisotopic (exact) mass is 231 g/mol. The highest BCUT2D eigenvalue weighted by molar-refractivity contribution is 5.37.